The van der Waals surface area contributed by atoms with Crippen LogP contribution >= 0.6 is 11.3 Å². The number of carboxylic acid groups (broad SMARTS) is 2. The van der Waals surface area contributed by atoms with Gasteiger partial charge in [0, 0.05) is 41.5 Å². The topological polar surface area (TPSA) is 226 Å². The van der Waals surface area contributed by atoms with Gasteiger partial charge >= 0.3 is 11.9 Å². The van der Waals surface area contributed by atoms with E-state index in [4.69, 9.17) is 27.4 Å². The maximum Gasteiger partial charge on any atom is 0.320 e. The van der Waals surface area contributed by atoms with Gasteiger partial charge < -0.3 is 37.6 Å². The highest BCUT2D eigenvalue weighted by Gasteiger charge is 2.21. The van der Waals surface area contributed by atoms with Gasteiger partial charge in [-0.1, -0.05) is 6.07 Å². The Balaban J connectivity index is 1.55. The minimum absolute atomic E-state index is 0.00942. The molecular formula is C32H42N6O6S. The molecule has 12 nitrogen and oxygen atoms in total. The van der Waals surface area contributed by atoms with E-state index in [1.165, 1.54) is 16.9 Å². The van der Waals surface area contributed by atoms with E-state index in [2.05, 4.69) is 22.3 Å². The van der Waals surface area contributed by atoms with Crippen LogP contribution in [0.15, 0.2) is 35.9 Å². The molecule has 1 aromatic heterocycles. The summed E-state index contributed by atoms with van der Waals surface area (Å²) < 4.78 is 0. The number of nitriles is 1. The number of nitrogens with two attached hydrogens (primary N) is 3. The van der Waals surface area contributed by atoms with Gasteiger partial charge in [0.15, 0.2) is 5.78 Å². The first-order valence-electron chi connectivity index (χ1n) is 15.1. The first kappa shape index (κ1) is 35.4. The number of hydrogen-bond acceptors (Lipinski definition) is 10. The largest absolute Gasteiger partial charge is 0.480 e. The number of hydrogen-bond donors (Lipinski definition) is 6. The molecule has 242 valence electrons. The van der Waals surface area contributed by atoms with Crippen molar-refractivity contribution in [1.29, 1.82) is 5.26 Å². The van der Waals surface area contributed by atoms with E-state index >= 15 is 0 Å². The van der Waals surface area contributed by atoms with Crippen LogP contribution in [0.4, 0.5) is 5.69 Å². The highest BCUT2D eigenvalue weighted by molar-refractivity contribution is 7.16. The molecule has 1 aliphatic rings. The molecule has 0 radical (unpaired) electrons. The van der Waals surface area contributed by atoms with Crippen molar-refractivity contribution in [3.8, 4) is 16.5 Å². The molecule has 1 aliphatic heterocycles. The summed E-state index contributed by atoms with van der Waals surface area (Å²) in [7, 11) is 0. The van der Waals surface area contributed by atoms with Crippen LogP contribution in [0.2, 0.25) is 0 Å². The van der Waals surface area contributed by atoms with Gasteiger partial charge in [-0.3, -0.25) is 19.2 Å². The molecule has 0 saturated heterocycles. The number of nitrogens with zero attached hydrogens (tertiary/aromatic N) is 2. The van der Waals surface area contributed by atoms with Crippen LogP contribution in [0.3, 0.4) is 0 Å². The van der Waals surface area contributed by atoms with Crippen molar-refractivity contribution in [3.63, 3.8) is 0 Å². The third kappa shape index (κ3) is 10.8. The second-order valence-corrected chi connectivity index (χ2v) is 12.3. The standard InChI is InChI=1S/C32H42N6O6S/c33-19-22(30(40)37-14-2-1-6-25(35)31(41)42)18-23-10-12-29(45-23)21-9-11-27-20(17-21)5-4-15-38(27)16-13-28(39)24(34)7-3-8-26(36)32(43)44/h9-12,17-18,24-26H,1-8,13-16,34-36H2,(H,37,40)(H,41,42)(H,43,44)/b22-18+/t24?,25-,26-/m1/s1. The summed E-state index contributed by atoms with van der Waals surface area (Å²) >= 11 is 1.47. The number of ketones is 1. The number of Topliss-reactive ketones (excluding diaryl/α,β-unsaturated/α-hetero) is 1. The first-order valence-corrected chi connectivity index (χ1v) is 15.9. The van der Waals surface area contributed by atoms with Crippen molar-refractivity contribution in [2.24, 2.45) is 17.2 Å². The molecule has 0 spiro atoms. The molecule has 2 aromatic rings. The molecule has 0 bridgehead atoms. The fourth-order valence-electron chi connectivity index (χ4n) is 5.12. The van der Waals surface area contributed by atoms with E-state index in [0.29, 0.717) is 51.6 Å². The number of carboxylic acids is 2. The Hall–Kier alpha value is -4.09. The molecule has 3 rings (SSSR count). The van der Waals surface area contributed by atoms with Gasteiger partial charge in [0.1, 0.15) is 23.7 Å². The van der Waals surface area contributed by atoms with Crippen LogP contribution < -0.4 is 27.4 Å². The normalized spacial score (nSPS) is 15.0. The summed E-state index contributed by atoms with van der Waals surface area (Å²) in [6.45, 7) is 1.71. The van der Waals surface area contributed by atoms with Crippen LogP contribution in [0.5, 0.6) is 0 Å². The zero-order valence-electron chi connectivity index (χ0n) is 25.2. The number of fused-ring (bicyclic) bond motifs is 1. The smallest absolute Gasteiger partial charge is 0.320 e. The van der Waals surface area contributed by atoms with Gasteiger partial charge in [0.25, 0.3) is 5.91 Å². The fraction of sp³-hybridized carbons (Fsp3) is 0.469. The van der Waals surface area contributed by atoms with Crippen molar-refractivity contribution in [1.82, 2.24) is 5.32 Å². The van der Waals surface area contributed by atoms with Crippen LogP contribution in [0, 0.1) is 11.3 Å². The van der Waals surface area contributed by atoms with Crippen LogP contribution in [-0.2, 0) is 25.6 Å². The Morgan fingerprint density at radius 3 is 2.36 bits per heavy atom. The summed E-state index contributed by atoms with van der Waals surface area (Å²) in [4.78, 5) is 50.8. The number of anilines is 1. The van der Waals surface area contributed by atoms with E-state index in [1.54, 1.807) is 6.08 Å². The Labute approximate surface area is 266 Å². The van der Waals surface area contributed by atoms with Gasteiger partial charge in [-0.2, -0.15) is 5.26 Å². The number of aliphatic carboxylic acids is 2. The Morgan fingerprint density at radius 1 is 0.978 bits per heavy atom. The lowest BCUT2D eigenvalue weighted by molar-refractivity contribution is -0.139. The number of benzene rings is 1. The highest BCUT2D eigenvalue weighted by atomic mass is 32.1. The first-order chi connectivity index (χ1) is 21.5. The Morgan fingerprint density at radius 2 is 1.67 bits per heavy atom. The van der Waals surface area contributed by atoms with Crippen LogP contribution in [-0.4, -0.2) is 71.6 Å². The van der Waals surface area contributed by atoms with Gasteiger partial charge in [-0.05, 0) is 92.8 Å². The average Bonchev–Trinajstić information content (AvgIpc) is 3.50. The van der Waals surface area contributed by atoms with Gasteiger partial charge in [-0.15, -0.1) is 11.3 Å². The van der Waals surface area contributed by atoms with E-state index in [-0.39, 0.29) is 17.8 Å². The van der Waals surface area contributed by atoms with E-state index in [1.807, 2.05) is 24.3 Å². The molecule has 13 heteroatoms. The second kappa shape index (κ2) is 17.4. The van der Waals surface area contributed by atoms with Gasteiger partial charge in [0.2, 0.25) is 0 Å². The molecule has 3 atom stereocenters. The molecule has 0 aliphatic carbocycles. The quantitative estimate of drug-likeness (QED) is 0.0790. The van der Waals surface area contributed by atoms with Crippen molar-refractivity contribution in [2.45, 2.75) is 75.9 Å². The van der Waals surface area contributed by atoms with Crippen molar-refractivity contribution in [3.05, 3.63) is 46.3 Å². The molecular weight excluding hydrogens is 596 g/mol. The predicted octanol–water partition coefficient (Wildman–Crippen LogP) is 2.64. The lowest BCUT2D eigenvalue weighted by Gasteiger charge is -2.31. The molecule has 9 N–H and O–H groups in total. The molecule has 0 saturated carbocycles. The van der Waals surface area contributed by atoms with E-state index in [9.17, 15) is 24.4 Å². The number of thiophene rings is 1. The van der Waals surface area contributed by atoms with Crippen molar-refractivity contribution >= 4 is 46.7 Å². The molecule has 2 heterocycles. The second-order valence-electron chi connectivity index (χ2n) is 11.2. The molecule has 1 unspecified atom stereocenters. The summed E-state index contributed by atoms with van der Waals surface area (Å²) in [5.74, 6) is -2.64. The Bertz CT molecular complexity index is 1430. The minimum Gasteiger partial charge on any atom is -0.480 e. The van der Waals surface area contributed by atoms with Crippen LogP contribution in [0.25, 0.3) is 16.5 Å². The summed E-state index contributed by atoms with van der Waals surface area (Å²) in [6, 6.07) is 9.53. The summed E-state index contributed by atoms with van der Waals surface area (Å²) in [6.07, 6.45) is 6.32. The summed E-state index contributed by atoms with van der Waals surface area (Å²) in [5, 5.41) is 30.0. The van der Waals surface area contributed by atoms with Crippen molar-refractivity contribution < 1.29 is 29.4 Å². The minimum atomic E-state index is -1.06. The third-order valence-corrected chi connectivity index (χ3v) is 8.87. The van der Waals surface area contributed by atoms with Crippen molar-refractivity contribution in [2.75, 3.05) is 24.5 Å². The zero-order valence-corrected chi connectivity index (χ0v) is 26.1. The van der Waals surface area contributed by atoms with Gasteiger partial charge in [-0.25, -0.2) is 0 Å². The lowest BCUT2D eigenvalue weighted by atomic mass is 9.97. The molecule has 0 fully saturated rings. The number of aryl methyl sites for hydroxylation is 1. The Kier molecular flexibility index (Phi) is 13.7. The SMILES string of the molecule is N#C/C(=C\c1ccc(-c2ccc3c(c2)CCCN3CCC(=O)C(N)CCC[C@@H](N)C(=O)O)s1)C(=O)NCCCC[C@@H](N)C(=O)O. The zero-order chi connectivity index (χ0) is 32.9. The van der Waals surface area contributed by atoms with Crippen LogP contribution in [0.1, 0.15) is 61.8 Å². The number of unbranched alkanes of at least 4 members (excludes halogenated alkanes) is 1. The number of carbonyl (C=O) groups excluding carboxylic acids is 2. The maximum absolute atomic E-state index is 12.6. The molecule has 1 aromatic carbocycles. The highest BCUT2D eigenvalue weighted by Crippen LogP contribution is 2.35. The molecule has 45 heavy (non-hydrogen) atoms. The number of amides is 1. The predicted molar refractivity (Wildman–Crippen MR) is 173 cm³/mol. The van der Waals surface area contributed by atoms with Gasteiger partial charge in [0.05, 0.1) is 6.04 Å². The summed E-state index contributed by atoms with van der Waals surface area (Å²) in [5.41, 5.74) is 20.4. The average molecular weight is 639 g/mol. The number of carbonyl (C=O) groups is 4. The monoisotopic (exact) mass is 638 g/mol. The lowest BCUT2D eigenvalue weighted by Crippen LogP contribution is -2.36. The number of rotatable bonds is 18. The fourth-order valence-corrected chi connectivity index (χ4v) is 6.07. The number of nitrogens with one attached hydrogen (secondary N) is 1. The van der Waals surface area contributed by atoms with E-state index in [0.717, 1.165) is 40.4 Å². The van der Waals surface area contributed by atoms with E-state index < -0.39 is 36.0 Å². The molecule has 1 amide bonds. The maximum atomic E-state index is 12.6. The third-order valence-electron chi connectivity index (χ3n) is 7.79.